The zero-order valence-corrected chi connectivity index (χ0v) is 14.7. The quantitative estimate of drug-likeness (QED) is 0.786. The van der Waals surface area contributed by atoms with E-state index in [4.69, 9.17) is 4.74 Å². The minimum Gasteiger partial charge on any atom is -0.493 e. The Balaban J connectivity index is 1.64. The van der Waals surface area contributed by atoms with Crippen LogP contribution in [0.25, 0.3) is 0 Å². The molecule has 4 nitrogen and oxygen atoms in total. The second kappa shape index (κ2) is 8.92. The van der Waals surface area contributed by atoms with E-state index >= 15 is 0 Å². The van der Waals surface area contributed by atoms with Gasteiger partial charge in [-0.15, -0.1) is 0 Å². The molecule has 1 aromatic carbocycles. The monoisotopic (exact) mass is 318 g/mol. The molecule has 0 aromatic heterocycles. The van der Waals surface area contributed by atoms with Gasteiger partial charge in [-0.05, 0) is 70.3 Å². The summed E-state index contributed by atoms with van der Waals surface area (Å²) in [5.41, 5.74) is 2.43. The number of likely N-dealkylation sites (tertiary alicyclic amines) is 1. The molecular weight excluding hydrogens is 288 g/mol. The second-order valence-corrected chi connectivity index (χ2v) is 6.48. The maximum Gasteiger partial charge on any atom is 0.223 e. The van der Waals surface area contributed by atoms with E-state index in [2.05, 4.69) is 42.3 Å². The van der Waals surface area contributed by atoms with Crippen LogP contribution in [-0.4, -0.2) is 43.6 Å². The largest absolute Gasteiger partial charge is 0.493 e. The molecule has 4 heteroatoms. The van der Waals surface area contributed by atoms with Crippen molar-refractivity contribution in [1.82, 2.24) is 10.2 Å². The van der Waals surface area contributed by atoms with Crippen molar-refractivity contribution in [3.63, 3.8) is 0 Å². The molecule has 0 bridgehead atoms. The third-order valence-corrected chi connectivity index (χ3v) is 4.53. The minimum absolute atomic E-state index is 0.206. The summed E-state index contributed by atoms with van der Waals surface area (Å²) in [6, 6.07) is 6.32. The number of nitrogens with one attached hydrogen (secondary N) is 1. The number of aryl methyl sites for hydroxylation is 2. The SMILES string of the molecule is CCNC(=O)C1CCN(CCCOc2cc(C)ccc2C)CC1. The van der Waals surface area contributed by atoms with E-state index in [9.17, 15) is 4.79 Å². The molecule has 1 N–H and O–H groups in total. The van der Waals surface area contributed by atoms with Crippen molar-refractivity contribution in [2.24, 2.45) is 5.92 Å². The first-order valence-corrected chi connectivity index (χ1v) is 8.80. The lowest BCUT2D eigenvalue weighted by Crippen LogP contribution is -2.41. The minimum atomic E-state index is 0.206. The Labute approximate surface area is 140 Å². The number of rotatable bonds is 7. The Bertz CT molecular complexity index is 508. The van der Waals surface area contributed by atoms with Gasteiger partial charge in [0.25, 0.3) is 0 Å². The molecule has 0 radical (unpaired) electrons. The van der Waals surface area contributed by atoms with Gasteiger partial charge in [-0.2, -0.15) is 0 Å². The lowest BCUT2D eigenvalue weighted by molar-refractivity contribution is -0.126. The third-order valence-electron chi connectivity index (χ3n) is 4.53. The summed E-state index contributed by atoms with van der Waals surface area (Å²) in [6.07, 6.45) is 2.98. The molecule has 1 fully saturated rings. The van der Waals surface area contributed by atoms with E-state index in [0.29, 0.717) is 0 Å². The van der Waals surface area contributed by atoms with Crippen LogP contribution < -0.4 is 10.1 Å². The molecule has 1 aromatic rings. The first-order valence-electron chi connectivity index (χ1n) is 8.80. The van der Waals surface area contributed by atoms with E-state index in [1.807, 2.05) is 6.92 Å². The van der Waals surface area contributed by atoms with Gasteiger partial charge in [0, 0.05) is 19.0 Å². The van der Waals surface area contributed by atoms with Gasteiger partial charge in [0.1, 0.15) is 5.75 Å². The van der Waals surface area contributed by atoms with Gasteiger partial charge in [0.15, 0.2) is 0 Å². The standard InChI is InChI=1S/C19H30N2O2/c1-4-20-19(22)17-8-11-21(12-9-17)10-5-13-23-18-14-15(2)6-7-16(18)3/h6-7,14,17H,4-5,8-13H2,1-3H3,(H,20,22). The fraction of sp³-hybridized carbons (Fsp3) is 0.632. The lowest BCUT2D eigenvalue weighted by Gasteiger charge is -2.31. The normalized spacial score (nSPS) is 16.3. The highest BCUT2D eigenvalue weighted by Crippen LogP contribution is 2.20. The van der Waals surface area contributed by atoms with Crippen LogP contribution in [0.3, 0.4) is 0 Å². The van der Waals surface area contributed by atoms with Crippen LogP contribution in [0.1, 0.15) is 37.3 Å². The van der Waals surface area contributed by atoms with Crippen LogP contribution >= 0.6 is 0 Å². The molecule has 1 saturated heterocycles. The first kappa shape index (κ1) is 17.8. The van der Waals surface area contributed by atoms with Gasteiger partial charge in [-0.3, -0.25) is 4.79 Å². The molecule has 1 aliphatic heterocycles. The number of ether oxygens (including phenoxy) is 1. The van der Waals surface area contributed by atoms with Gasteiger partial charge in [0.05, 0.1) is 6.61 Å². The van der Waals surface area contributed by atoms with Gasteiger partial charge in [-0.1, -0.05) is 12.1 Å². The summed E-state index contributed by atoms with van der Waals surface area (Å²) in [4.78, 5) is 14.3. The Morgan fingerprint density at radius 1 is 1.30 bits per heavy atom. The van der Waals surface area contributed by atoms with E-state index in [0.717, 1.165) is 57.8 Å². The number of hydrogen-bond acceptors (Lipinski definition) is 3. The molecule has 128 valence electrons. The van der Waals surface area contributed by atoms with Crippen molar-refractivity contribution in [2.75, 3.05) is 32.8 Å². The number of nitrogens with zero attached hydrogens (tertiary/aromatic N) is 1. The highest BCUT2D eigenvalue weighted by Gasteiger charge is 2.24. The summed E-state index contributed by atoms with van der Waals surface area (Å²) in [5, 5.41) is 2.93. The highest BCUT2D eigenvalue weighted by molar-refractivity contribution is 5.78. The molecule has 1 aliphatic rings. The third kappa shape index (κ3) is 5.54. The van der Waals surface area contributed by atoms with Crippen molar-refractivity contribution in [1.29, 1.82) is 0 Å². The average Bonchev–Trinajstić information content (AvgIpc) is 2.55. The molecule has 23 heavy (non-hydrogen) atoms. The van der Waals surface area contributed by atoms with E-state index < -0.39 is 0 Å². The van der Waals surface area contributed by atoms with Crippen LogP contribution in [0.5, 0.6) is 5.75 Å². The highest BCUT2D eigenvalue weighted by atomic mass is 16.5. The number of carbonyl (C=O) groups excluding carboxylic acids is 1. The summed E-state index contributed by atoms with van der Waals surface area (Å²) in [5.74, 6) is 1.43. The van der Waals surface area contributed by atoms with Crippen molar-refractivity contribution in [2.45, 2.75) is 40.0 Å². The first-order chi connectivity index (χ1) is 11.1. The van der Waals surface area contributed by atoms with Crippen molar-refractivity contribution < 1.29 is 9.53 Å². The summed E-state index contributed by atoms with van der Waals surface area (Å²) < 4.78 is 5.91. The molecule has 2 rings (SSSR count). The van der Waals surface area contributed by atoms with Gasteiger partial charge in [-0.25, -0.2) is 0 Å². The molecule has 1 amide bonds. The molecule has 0 atom stereocenters. The van der Waals surface area contributed by atoms with Crippen LogP contribution in [0.4, 0.5) is 0 Å². The number of piperidine rings is 1. The molecule has 1 heterocycles. The van der Waals surface area contributed by atoms with E-state index in [1.54, 1.807) is 0 Å². The van der Waals surface area contributed by atoms with Gasteiger partial charge >= 0.3 is 0 Å². The Kier molecular flexibility index (Phi) is 6.90. The zero-order valence-electron chi connectivity index (χ0n) is 14.7. The van der Waals surface area contributed by atoms with E-state index in [-0.39, 0.29) is 11.8 Å². The van der Waals surface area contributed by atoms with Crippen molar-refractivity contribution in [3.8, 4) is 5.75 Å². The average molecular weight is 318 g/mol. The number of carbonyl (C=O) groups is 1. The van der Waals surface area contributed by atoms with Gasteiger partial charge in [0.2, 0.25) is 5.91 Å². The van der Waals surface area contributed by atoms with Crippen LogP contribution in [0, 0.1) is 19.8 Å². The number of benzene rings is 1. The number of amides is 1. The maximum atomic E-state index is 11.8. The van der Waals surface area contributed by atoms with Crippen LogP contribution in [-0.2, 0) is 4.79 Å². The van der Waals surface area contributed by atoms with Crippen LogP contribution in [0.2, 0.25) is 0 Å². The van der Waals surface area contributed by atoms with E-state index in [1.165, 1.54) is 11.1 Å². The predicted molar refractivity (Wildman–Crippen MR) is 93.9 cm³/mol. The molecular formula is C19H30N2O2. The molecule has 0 saturated carbocycles. The topological polar surface area (TPSA) is 41.6 Å². The molecule has 0 aliphatic carbocycles. The zero-order chi connectivity index (χ0) is 16.7. The summed E-state index contributed by atoms with van der Waals surface area (Å²) in [6.45, 7) is 10.7. The Morgan fingerprint density at radius 2 is 2.04 bits per heavy atom. The van der Waals surface area contributed by atoms with Crippen LogP contribution in [0.15, 0.2) is 18.2 Å². The smallest absolute Gasteiger partial charge is 0.223 e. The summed E-state index contributed by atoms with van der Waals surface area (Å²) in [7, 11) is 0. The number of hydrogen-bond donors (Lipinski definition) is 1. The second-order valence-electron chi connectivity index (χ2n) is 6.48. The Hall–Kier alpha value is -1.55. The fourth-order valence-electron chi connectivity index (χ4n) is 3.07. The molecule has 0 unspecified atom stereocenters. The fourth-order valence-corrected chi connectivity index (χ4v) is 3.07. The molecule has 0 spiro atoms. The van der Waals surface area contributed by atoms with Gasteiger partial charge < -0.3 is 15.0 Å². The summed E-state index contributed by atoms with van der Waals surface area (Å²) >= 11 is 0. The predicted octanol–water partition coefficient (Wildman–Crippen LogP) is 2.92. The van der Waals surface area contributed by atoms with Crippen molar-refractivity contribution >= 4 is 5.91 Å². The lowest BCUT2D eigenvalue weighted by atomic mass is 9.96. The Morgan fingerprint density at radius 3 is 2.74 bits per heavy atom. The maximum absolute atomic E-state index is 11.8. The van der Waals surface area contributed by atoms with Crippen molar-refractivity contribution in [3.05, 3.63) is 29.3 Å².